The number of nitrogens with one attached hydrogen (secondary N) is 1. The molecule has 1 aliphatic rings. The molecule has 0 aromatic heterocycles. The lowest BCUT2D eigenvalue weighted by atomic mass is 9.77. The van der Waals surface area contributed by atoms with E-state index in [1.165, 1.54) is 32.1 Å². The fraction of sp³-hybridized carbons (Fsp3) is 0.923. The molecule has 0 aromatic rings. The monoisotopic (exact) mass is 225 g/mol. The van der Waals surface area contributed by atoms with Gasteiger partial charge in [0.15, 0.2) is 0 Å². The van der Waals surface area contributed by atoms with E-state index in [0.29, 0.717) is 12.0 Å². The van der Waals surface area contributed by atoms with E-state index in [-0.39, 0.29) is 5.41 Å². The third kappa shape index (κ3) is 3.21. The van der Waals surface area contributed by atoms with Gasteiger partial charge < -0.3 is 5.43 Å². The molecule has 1 saturated carbocycles. The van der Waals surface area contributed by atoms with E-state index in [2.05, 4.69) is 38.1 Å². The van der Waals surface area contributed by atoms with Gasteiger partial charge in [0.05, 0.1) is 0 Å². The van der Waals surface area contributed by atoms with Gasteiger partial charge in [-0.1, -0.05) is 26.7 Å². The first-order chi connectivity index (χ1) is 7.50. The maximum absolute atomic E-state index is 5.68. The van der Waals surface area contributed by atoms with E-state index in [1.807, 2.05) is 0 Å². The predicted octanol–water partition coefficient (Wildman–Crippen LogP) is 2.86. The molecule has 0 heterocycles. The number of hydrogen-bond donors (Lipinski definition) is 2. The Kier molecular flexibility index (Phi) is 4.78. The summed E-state index contributed by atoms with van der Waals surface area (Å²) in [6.45, 7) is 8.78. The first-order valence-electron chi connectivity index (χ1n) is 6.55. The van der Waals surface area contributed by atoms with Crippen LogP contribution >= 0.6 is 0 Å². The summed E-state index contributed by atoms with van der Waals surface area (Å²) < 4.78 is 0. The number of amidine groups is 1. The molecule has 0 spiro atoms. The topological polar surface area (TPSA) is 50.4 Å². The first kappa shape index (κ1) is 13.5. The molecule has 1 aliphatic carbocycles. The van der Waals surface area contributed by atoms with Crippen molar-refractivity contribution in [2.24, 2.45) is 22.2 Å². The Morgan fingerprint density at radius 1 is 1.25 bits per heavy atom. The molecule has 0 atom stereocenters. The number of hydrogen-bond acceptors (Lipinski definition) is 2. The normalized spacial score (nSPS) is 20.8. The fourth-order valence-corrected chi connectivity index (χ4v) is 2.96. The fourth-order valence-electron chi connectivity index (χ4n) is 2.96. The molecule has 0 amide bonds. The second-order valence-corrected chi connectivity index (χ2v) is 5.80. The highest BCUT2D eigenvalue weighted by molar-refractivity contribution is 5.88. The molecule has 3 nitrogen and oxygen atoms in total. The summed E-state index contributed by atoms with van der Waals surface area (Å²) in [4.78, 5) is 4.68. The number of nitrogens with zero attached hydrogens (tertiary/aromatic N) is 1. The summed E-state index contributed by atoms with van der Waals surface area (Å²) >= 11 is 0. The molecule has 0 unspecified atom stereocenters. The maximum atomic E-state index is 5.68. The number of hydrazine groups is 1. The zero-order valence-corrected chi connectivity index (χ0v) is 11.2. The molecule has 0 bridgehead atoms. The summed E-state index contributed by atoms with van der Waals surface area (Å²) in [5.41, 5.74) is 3.10. The average Bonchev–Trinajstić information content (AvgIpc) is 2.62. The van der Waals surface area contributed by atoms with Gasteiger partial charge in [0.25, 0.3) is 0 Å². The van der Waals surface area contributed by atoms with Crippen LogP contribution in [0.5, 0.6) is 0 Å². The van der Waals surface area contributed by atoms with E-state index in [0.717, 1.165) is 5.84 Å². The number of aliphatic imine (C=N–C) groups is 1. The zero-order chi connectivity index (χ0) is 12.2. The van der Waals surface area contributed by atoms with Gasteiger partial charge in [-0.2, -0.15) is 0 Å². The third-order valence-corrected chi connectivity index (χ3v) is 3.39. The van der Waals surface area contributed by atoms with Crippen LogP contribution in [0.2, 0.25) is 0 Å². The van der Waals surface area contributed by atoms with Crippen LogP contribution in [0.4, 0.5) is 0 Å². The second kappa shape index (κ2) is 5.67. The third-order valence-electron chi connectivity index (χ3n) is 3.39. The van der Waals surface area contributed by atoms with Crippen molar-refractivity contribution in [2.75, 3.05) is 0 Å². The first-order valence-corrected chi connectivity index (χ1v) is 6.55. The van der Waals surface area contributed by atoms with Crippen LogP contribution in [-0.4, -0.2) is 11.9 Å². The minimum atomic E-state index is 0.229. The molecule has 0 saturated heterocycles. The van der Waals surface area contributed by atoms with Crippen molar-refractivity contribution in [1.29, 1.82) is 0 Å². The molecular formula is C13H27N3. The van der Waals surface area contributed by atoms with Crippen molar-refractivity contribution < 1.29 is 0 Å². The van der Waals surface area contributed by atoms with E-state index < -0.39 is 0 Å². The predicted molar refractivity (Wildman–Crippen MR) is 70.3 cm³/mol. The Balaban J connectivity index is 2.90. The van der Waals surface area contributed by atoms with Crippen LogP contribution in [0.25, 0.3) is 0 Å². The number of nitrogens with two attached hydrogens (primary N) is 1. The Bertz CT molecular complexity index is 238. The second-order valence-electron chi connectivity index (χ2n) is 5.80. The lowest BCUT2D eigenvalue weighted by Gasteiger charge is -2.32. The lowest BCUT2D eigenvalue weighted by molar-refractivity contribution is 0.329. The smallest absolute Gasteiger partial charge is 0.117 e. The minimum absolute atomic E-state index is 0.229. The highest BCUT2D eigenvalue weighted by Crippen LogP contribution is 2.43. The molecule has 0 aliphatic heterocycles. The van der Waals surface area contributed by atoms with Gasteiger partial charge in [-0.25, -0.2) is 5.84 Å². The summed E-state index contributed by atoms with van der Waals surface area (Å²) in [5.74, 6) is 7.41. The summed E-state index contributed by atoms with van der Waals surface area (Å²) in [6.07, 6.45) is 6.29. The standard InChI is InChI=1S/C13H27N3/c1-10(2)9-13(7-5-6-8-13)12(16-14)15-11(3)4/h10-11H,5-9,14H2,1-4H3,(H,15,16). The van der Waals surface area contributed by atoms with Crippen molar-refractivity contribution in [2.45, 2.75) is 65.8 Å². The highest BCUT2D eigenvalue weighted by atomic mass is 15.3. The number of rotatable bonds is 4. The Hall–Kier alpha value is -0.570. The van der Waals surface area contributed by atoms with Crippen molar-refractivity contribution in [3.63, 3.8) is 0 Å². The molecule has 0 radical (unpaired) electrons. The maximum Gasteiger partial charge on any atom is 0.117 e. The summed E-state index contributed by atoms with van der Waals surface area (Å²) in [6, 6.07) is 0.315. The van der Waals surface area contributed by atoms with Gasteiger partial charge in [-0.05, 0) is 39.0 Å². The van der Waals surface area contributed by atoms with Gasteiger partial charge in [0.1, 0.15) is 5.84 Å². The molecule has 16 heavy (non-hydrogen) atoms. The Labute approximate surface area is 99.9 Å². The quantitative estimate of drug-likeness (QED) is 0.334. The SMILES string of the molecule is CC(C)CC1(C(=NC(C)C)NN)CCCC1. The lowest BCUT2D eigenvalue weighted by Crippen LogP contribution is -2.44. The van der Waals surface area contributed by atoms with E-state index in [4.69, 9.17) is 5.84 Å². The Morgan fingerprint density at radius 3 is 2.19 bits per heavy atom. The van der Waals surface area contributed by atoms with Crippen LogP contribution in [-0.2, 0) is 0 Å². The van der Waals surface area contributed by atoms with Crippen molar-refractivity contribution in [3.8, 4) is 0 Å². The molecular weight excluding hydrogens is 198 g/mol. The van der Waals surface area contributed by atoms with Crippen molar-refractivity contribution in [3.05, 3.63) is 0 Å². The van der Waals surface area contributed by atoms with Crippen LogP contribution < -0.4 is 11.3 Å². The van der Waals surface area contributed by atoms with E-state index >= 15 is 0 Å². The minimum Gasteiger partial charge on any atom is -0.312 e. The summed E-state index contributed by atoms with van der Waals surface area (Å²) in [7, 11) is 0. The molecule has 3 N–H and O–H groups in total. The van der Waals surface area contributed by atoms with Gasteiger partial charge in [-0.15, -0.1) is 0 Å². The van der Waals surface area contributed by atoms with Crippen molar-refractivity contribution >= 4 is 5.84 Å². The van der Waals surface area contributed by atoms with Gasteiger partial charge >= 0.3 is 0 Å². The van der Waals surface area contributed by atoms with Crippen molar-refractivity contribution in [1.82, 2.24) is 5.43 Å². The molecule has 3 heteroatoms. The van der Waals surface area contributed by atoms with Crippen LogP contribution in [0, 0.1) is 11.3 Å². The largest absolute Gasteiger partial charge is 0.312 e. The average molecular weight is 225 g/mol. The van der Waals surface area contributed by atoms with E-state index in [9.17, 15) is 0 Å². The van der Waals surface area contributed by atoms with Gasteiger partial charge in [0.2, 0.25) is 0 Å². The molecule has 1 rings (SSSR count). The Morgan fingerprint density at radius 2 is 1.81 bits per heavy atom. The van der Waals surface area contributed by atoms with Crippen LogP contribution in [0.1, 0.15) is 59.8 Å². The molecule has 94 valence electrons. The highest BCUT2D eigenvalue weighted by Gasteiger charge is 2.39. The van der Waals surface area contributed by atoms with Crippen LogP contribution in [0.15, 0.2) is 4.99 Å². The summed E-state index contributed by atoms with van der Waals surface area (Å²) in [5, 5.41) is 0. The van der Waals surface area contributed by atoms with Gasteiger partial charge in [0, 0.05) is 11.5 Å². The zero-order valence-electron chi connectivity index (χ0n) is 11.2. The van der Waals surface area contributed by atoms with E-state index in [1.54, 1.807) is 0 Å². The van der Waals surface area contributed by atoms with Gasteiger partial charge in [-0.3, -0.25) is 4.99 Å². The van der Waals surface area contributed by atoms with Crippen LogP contribution in [0.3, 0.4) is 0 Å². The molecule has 0 aromatic carbocycles. The molecule has 1 fully saturated rings.